The average molecular weight is 327 g/mol. The first-order valence-electron chi connectivity index (χ1n) is 7.94. The van der Waals surface area contributed by atoms with Crippen LogP contribution in [0.4, 0.5) is 5.69 Å². The third-order valence-corrected chi connectivity index (χ3v) is 3.49. The second-order valence-electron chi connectivity index (χ2n) is 5.34. The van der Waals surface area contributed by atoms with Crippen LogP contribution in [0.25, 0.3) is 0 Å². The summed E-state index contributed by atoms with van der Waals surface area (Å²) in [5.74, 6) is -0.919. The van der Waals surface area contributed by atoms with Crippen LogP contribution in [-0.4, -0.2) is 23.6 Å². The number of benzene rings is 2. The minimum absolute atomic E-state index is 0.0407. The lowest BCUT2D eigenvalue weighted by Crippen LogP contribution is -2.12. The van der Waals surface area contributed by atoms with Gasteiger partial charge < -0.3 is 15.2 Å². The maximum atomic E-state index is 12.0. The molecule has 5 heteroatoms. The van der Waals surface area contributed by atoms with Crippen molar-refractivity contribution in [2.45, 2.75) is 26.2 Å². The molecule has 0 radical (unpaired) electrons. The number of aryl methyl sites for hydroxylation is 1. The summed E-state index contributed by atoms with van der Waals surface area (Å²) in [5, 5.41) is 12.5. The number of aromatic hydroxyl groups is 1. The molecule has 0 heterocycles. The first-order valence-corrected chi connectivity index (χ1v) is 7.94. The summed E-state index contributed by atoms with van der Waals surface area (Å²) in [6, 6.07) is 14.3. The number of nitrogens with one attached hydrogen (secondary N) is 1. The van der Waals surface area contributed by atoms with Crippen LogP contribution in [0.2, 0.25) is 0 Å². The maximum Gasteiger partial charge on any atom is 0.341 e. The van der Waals surface area contributed by atoms with Gasteiger partial charge in [-0.25, -0.2) is 4.79 Å². The van der Waals surface area contributed by atoms with Crippen LogP contribution in [0, 0.1) is 0 Å². The number of esters is 1. The number of anilines is 1. The van der Waals surface area contributed by atoms with Gasteiger partial charge in [-0.05, 0) is 43.5 Å². The third-order valence-electron chi connectivity index (χ3n) is 3.49. The molecule has 0 aliphatic carbocycles. The number of hydrogen-bond acceptors (Lipinski definition) is 4. The second-order valence-corrected chi connectivity index (χ2v) is 5.34. The Morgan fingerprint density at radius 2 is 1.88 bits per heavy atom. The molecule has 0 aliphatic rings. The number of hydrogen-bond donors (Lipinski definition) is 2. The summed E-state index contributed by atoms with van der Waals surface area (Å²) >= 11 is 0. The van der Waals surface area contributed by atoms with Crippen LogP contribution >= 0.6 is 0 Å². The molecule has 2 aromatic carbocycles. The van der Waals surface area contributed by atoms with E-state index >= 15 is 0 Å². The van der Waals surface area contributed by atoms with E-state index in [1.54, 1.807) is 13.0 Å². The Kier molecular flexibility index (Phi) is 6.37. The molecule has 0 spiro atoms. The Morgan fingerprint density at radius 3 is 2.58 bits per heavy atom. The van der Waals surface area contributed by atoms with Crippen LogP contribution < -0.4 is 5.32 Å². The second kappa shape index (κ2) is 8.72. The van der Waals surface area contributed by atoms with Crippen molar-refractivity contribution in [2.24, 2.45) is 0 Å². The zero-order valence-electron chi connectivity index (χ0n) is 13.6. The van der Waals surface area contributed by atoms with Gasteiger partial charge in [-0.1, -0.05) is 30.3 Å². The molecule has 0 atom stereocenters. The summed E-state index contributed by atoms with van der Waals surface area (Å²) in [7, 11) is 0. The fraction of sp³-hybridized carbons (Fsp3) is 0.263. The van der Waals surface area contributed by atoms with Gasteiger partial charge in [-0.15, -0.1) is 0 Å². The first kappa shape index (κ1) is 17.5. The molecule has 0 bridgehead atoms. The topological polar surface area (TPSA) is 75.6 Å². The van der Waals surface area contributed by atoms with Crippen LogP contribution in [0.3, 0.4) is 0 Å². The molecule has 0 aliphatic heterocycles. The molecule has 0 saturated carbocycles. The lowest BCUT2D eigenvalue weighted by molar-refractivity contribution is -0.116. The lowest BCUT2D eigenvalue weighted by atomic mass is 10.1. The molecule has 0 unspecified atom stereocenters. The van der Waals surface area contributed by atoms with E-state index in [0.717, 1.165) is 12.8 Å². The zero-order chi connectivity index (χ0) is 17.4. The van der Waals surface area contributed by atoms with Gasteiger partial charge in [0.1, 0.15) is 11.3 Å². The van der Waals surface area contributed by atoms with Crippen molar-refractivity contribution in [1.29, 1.82) is 0 Å². The SMILES string of the molecule is CCOC(=O)c1cc(NC(=O)CCCc2ccccc2)ccc1O. The van der Waals surface area contributed by atoms with Crippen LogP contribution in [0.15, 0.2) is 48.5 Å². The number of amides is 1. The highest BCUT2D eigenvalue weighted by atomic mass is 16.5. The van der Waals surface area contributed by atoms with E-state index in [1.165, 1.54) is 17.7 Å². The van der Waals surface area contributed by atoms with Crippen molar-refractivity contribution in [1.82, 2.24) is 0 Å². The summed E-state index contributed by atoms with van der Waals surface area (Å²) in [4.78, 5) is 23.7. The minimum Gasteiger partial charge on any atom is -0.507 e. The summed E-state index contributed by atoms with van der Waals surface area (Å²) < 4.78 is 4.87. The number of rotatable bonds is 7. The number of phenols is 1. The number of carbonyl (C=O) groups is 2. The minimum atomic E-state index is -0.616. The summed E-state index contributed by atoms with van der Waals surface area (Å²) in [5.41, 5.74) is 1.69. The number of phenolic OH excluding ortho intramolecular Hbond substituents is 1. The number of carbonyl (C=O) groups excluding carboxylic acids is 2. The first-order chi connectivity index (χ1) is 11.6. The number of ether oxygens (including phenoxy) is 1. The fourth-order valence-corrected chi connectivity index (χ4v) is 2.31. The highest BCUT2D eigenvalue weighted by Gasteiger charge is 2.13. The highest BCUT2D eigenvalue weighted by molar-refractivity contribution is 5.96. The van der Waals surface area contributed by atoms with Gasteiger partial charge in [0.25, 0.3) is 0 Å². The van der Waals surface area contributed by atoms with Gasteiger partial charge in [-0.3, -0.25) is 4.79 Å². The van der Waals surface area contributed by atoms with E-state index in [-0.39, 0.29) is 23.8 Å². The Balaban J connectivity index is 1.89. The molecule has 24 heavy (non-hydrogen) atoms. The monoisotopic (exact) mass is 327 g/mol. The molecule has 2 rings (SSSR count). The van der Waals surface area contributed by atoms with E-state index in [9.17, 15) is 14.7 Å². The van der Waals surface area contributed by atoms with Crippen LogP contribution in [0.1, 0.15) is 35.7 Å². The predicted molar refractivity (Wildman–Crippen MR) is 92.1 cm³/mol. The molecule has 126 valence electrons. The van der Waals surface area contributed by atoms with Gasteiger partial charge in [0.15, 0.2) is 0 Å². The van der Waals surface area contributed by atoms with E-state index in [0.29, 0.717) is 12.1 Å². The summed E-state index contributed by atoms with van der Waals surface area (Å²) in [6.45, 7) is 1.90. The van der Waals surface area contributed by atoms with Crippen LogP contribution in [-0.2, 0) is 16.0 Å². The van der Waals surface area contributed by atoms with Gasteiger partial charge in [0.2, 0.25) is 5.91 Å². The third kappa shape index (κ3) is 5.12. The normalized spacial score (nSPS) is 10.2. The quantitative estimate of drug-likeness (QED) is 0.602. The molecular formula is C19H21NO4. The Morgan fingerprint density at radius 1 is 1.12 bits per heavy atom. The molecule has 2 N–H and O–H groups in total. The standard InChI is InChI=1S/C19H21NO4/c1-2-24-19(23)16-13-15(11-12-17(16)21)20-18(22)10-6-9-14-7-4-3-5-8-14/h3-5,7-8,11-13,21H,2,6,9-10H2,1H3,(H,20,22). The largest absolute Gasteiger partial charge is 0.507 e. The molecule has 0 aromatic heterocycles. The van der Waals surface area contributed by atoms with E-state index in [2.05, 4.69) is 5.32 Å². The molecule has 5 nitrogen and oxygen atoms in total. The lowest BCUT2D eigenvalue weighted by Gasteiger charge is -2.09. The Bertz CT molecular complexity index is 698. The van der Waals surface area contributed by atoms with Crippen molar-refractivity contribution < 1.29 is 19.4 Å². The van der Waals surface area contributed by atoms with Gasteiger partial charge >= 0.3 is 5.97 Å². The molecule has 0 saturated heterocycles. The smallest absolute Gasteiger partial charge is 0.341 e. The van der Waals surface area contributed by atoms with Crippen molar-refractivity contribution in [3.05, 3.63) is 59.7 Å². The highest BCUT2D eigenvalue weighted by Crippen LogP contribution is 2.22. The molecular weight excluding hydrogens is 306 g/mol. The van der Waals surface area contributed by atoms with Crippen LogP contribution in [0.5, 0.6) is 5.75 Å². The predicted octanol–water partition coefficient (Wildman–Crippen LogP) is 3.53. The maximum absolute atomic E-state index is 12.0. The Labute approximate surface area is 141 Å². The van der Waals surface area contributed by atoms with E-state index < -0.39 is 5.97 Å². The molecule has 2 aromatic rings. The van der Waals surface area contributed by atoms with E-state index in [1.807, 2.05) is 30.3 Å². The zero-order valence-corrected chi connectivity index (χ0v) is 13.6. The van der Waals surface area contributed by atoms with Crippen molar-refractivity contribution in [3.8, 4) is 5.75 Å². The van der Waals surface area contributed by atoms with Crippen molar-refractivity contribution >= 4 is 17.6 Å². The average Bonchev–Trinajstić information content (AvgIpc) is 2.58. The molecule has 1 amide bonds. The molecule has 0 fully saturated rings. The van der Waals surface area contributed by atoms with E-state index in [4.69, 9.17) is 4.74 Å². The Hall–Kier alpha value is -2.82. The fourth-order valence-electron chi connectivity index (χ4n) is 2.31. The van der Waals surface area contributed by atoms with Crippen molar-refractivity contribution in [3.63, 3.8) is 0 Å². The van der Waals surface area contributed by atoms with Gasteiger partial charge in [0.05, 0.1) is 6.61 Å². The van der Waals surface area contributed by atoms with Gasteiger partial charge in [0, 0.05) is 12.1 Å². The van der Waals surface area contributed by atoms with Crippen molar-refractivity contribution in [2.75, 3.05) is 11.9 Å². The van der Waals surface area contributed by atoms with Gasteiger partial charge in [-0.2, -0.15) is 0 Å². The summed E-state index contributed by atoms with van der Waals surface area (Å²) in [6.07, 6.45) is 1.95.